The molecule has 0 aliphatic carbocycles. The predicted molar refractivity (Wildman–Crippen MR) is 71.3 cm³/mol. The van der Waals surface area contributed by atoms with Crippen LogP contribution in [-0.2, 0) is 20.6 Å². The number of hydrogen-bond donors (Lipinski definition) is 1. The van der Waals surface area contributed by atoms with Crippen molar-refractivity contribution in [2.24, 2.45) is 14.1 Å². The van der Waals surface area contributed by atoms with Gasteiger partial charge in [-0.3, -0.25) is 13.9 Å². The second kappa shape index (κ2) is 6.22. The van der Waals surface area contributed by atoms with E-state index in [0.29, 0.717) is 18.7 Å². The molecule has 0 saturated carbocycles. The highest BCUT2D eigenvalue weighted by Gasteiger charge is 2.08. The third-order valence-electron chi connectivity index (χ3n) is 3.05. The quantitative estimate of drug-likeness (QED) is 0.746. The molecule has 0 spiro atoms. The Balaban J connectivity index is 2.90. The van der Waals surface area contributed by atoms with E-state index in [4.69, 9.17) is 6.42 Å². The van der Waals surface area contributed by atoms with Crippen molar-refractivity contribution in [3.63, 3.8) is 0 Å². The zero-order valence-corrected chi connectivity index (χ0v) is 11.1. The second-order valence-corrected chi connectivity index (χ2v) is 4.27. The molecule has 0 aliphatic rings. The average molecular weight is 249 g/mol. The van der Waals surface area contributed by atoms with E-state index in [0.717, 1.165) is 11.0 Å². The lowest BCUT2D eigenvalue weighted by molar-refractivity contribution is 0.489. The van der Waals surface area contributed by atoms with Crippen molar-refractivity contribution in [2.45, 2.75) is 32.4 Å². The Morgan fingerprint density at radius 2 is 2.06 bits per heavy atom. The Bertz CT molecular complexity index is 563. The summed E-state index contributed by atoms with van der Waals surface area (Å²) in [6, 6.07) is 1.67. The van der Waals surface area contributed by atoms with Gasteiger partial charge in [0.15, 0.2) is 0 Å². The van der Waals surface area contributed by atoms with Crippen LogP contribution in [0.2, 0.25) is 0 Å². The molecule has 1 atom stereocenters. The molecule has 1 aromatic rings. The van der Waals surface area contributed by atoms with Crippen molar-refractivity contribution in [1.82, 2.24) is 14.5 Å². The fourth-order valence-electron chi connectivity index (χ4n) is 1.70. The van der Waals surface area contributed by atoms with Crippen LogP contribution < -0.4 is 16.6 Å². The van der Waals surface area contributed by atoms with Crippen LogP contribution in [0.5, 0.6) is 0 Å². The monoisotopic (exact) mass is 249 g/mol. The van der Waals surface area contributed by atoms with Gasteiger partial charge < -0.3 is 5.32 Å². The molecule has 1 unspecified atom stereocenters. The molecule has 5 nitrogen and oxygen atoms in total. The molecule has 0 radical (unpaired) electrons. The van der Waals surface area contributed by atoms with Crippen molar-refractivity contribution in [3.8, 4) is 12.3 Å². The van der Waals surface area contributed by atoms with E-state index in [1.807, 2.05) is 6.92 Å². The Kier molecular flexibility index (Phi) is 4.93. The first kappa shape index (κ1) is 14.3. The van der Waals surface area contributed by atoms with Crippen LogP contribution in [0.4, 0.5) is 0 Å². The van der Waals surface area contributed by atoms with Gasteiger partial charge in [0, 0.05) is 44.9 Å². The van der Waals surface area contributed by atoms with Gasteiger partial charge in [-0.2, -0.15) is 0 Å². The summed E-state index contributed by atoms with van der Waals surface area (Å²) in [6.45, 7) is 2.50. The van der Waals surface area contributed by atoms with Crippen molar-refractivity contribution in [3.05, 3.63) is 32.6 Å². The highest BCUT2D eigenvalue weighted by atomic mass is 16.2. The van der Waals surface area contributed by atoms with E-state index in [-0.39, 0.29) is 17.3 Å². The van der Waals surface area contributed by atoms with Crippen LogP contribution in [0.3, 0.4) is 0 Å². The molecule has 98 valence electrons. The van der Waals surface area contributed by atoms with Crippen LogP contribution in [0.15, 0.2) is 15.7 Å². The Morgan fingerprint density at radius 1 is 1.39 bits per heavy atom. The van der Waals surface area contributed by atoms with E-state index in [9.17, 15) is 9.59 Å². The number of hydrogen-bond acceptors (Lipinski definition) is 3. The number of terminal acetylenes is 1. The lowest BCUT2D eigenvalue weighted by Crippen LogP contribution is -2.40. The average Bonchev–Trinajstić information content (AvgIpc) is 2.37. The van der Waals surface area contributed by atoms with Crippen LogP contribution >= 0.6 is 0 Å². The molecular formula is C13H19N3O2. The first-order valence-corrected chi connectivity index (χ1v) is 5.94. The zero-order chi connectivity index (χ0) is 13.7. The van der Waals surface area contributed by atoms with Crippen LogP contribution in [0.1, 0.15) is 25.5 Å². The smallest absolute Gasteiger partial charge is 0.308 e. The largest absolute Gasteiger partial charge is 0.330 e. The van der Waals surface area contributed by atoms with Gasteiger partial charge in [0.1, 0.15) is 0 Å². The van der Waals surface area contributed by atoms with Gasteiger partial charge in [-0.05, 0) is 6.42 Å². The minimum Gasteiger partial charge on any atom is -0.308 e. The summed E-state index contributed by atoms with van der Waals surface area (Å²) in [5, 5.41) is 3.25. The van der Waals surface area contributed by atoms with E-state index in [1.165, 1.54) is 17.7 Å². The molecule has 0 saturated heterocycles. The number of nitrogens with one attached hydrogen (secondary N) is 1. The molecule has 0 fully saturated rings. The summed E-state index contributed by atoms with van der Waals surface area (Å²) in [7, 11) is 3.12. The maximum atomic E-state index is 11.7. The number of aromatic nitrogens is 2. The molecule has 5 heteroatoms. The van der Waals surface area contributed by atoms with Crippen molar-refractivity contribution < 1.29 is 0 Å². The summed E-state index contributed by atoms with van der Waals surface area (Å²) in [6.07, 6.45) is 6.81. The Hall–Kier alpha value is -1.80. The molecule has 1 aromatic heterocycles. The molecule has 0 bridgehead atoms. The minimum absolute atomic E-state index is 0.203. The lowest BCUT2D eigenvalue weighted by Gasteiger charge is -2.16. The highest BCUT2D eigenvalue weighted by molar-refractivity contribution is 5.02. The second-order valence-electron chi connectivity index (χ2n) is 4.27. The van der Waals surface area contributed by atoms with E-state index >= 15 is 0 Å². The van der Waals surface area contributed by atoms with Crippen molar-refractivity contribution in [1.29, 1.82) is 0 Å². The molecule has 0 aromatic carbocycles. The first-order valence-electron chi connectivity index (χ1n) is 5.94. The van der Waals surface area contributed by atoms with E-state index in [2.05, 4.69) is 11.2 Å². The molecule has 1 rings (SSSR count). The molecule has 0 amide bonds. The maximum absolute atomic E-state index is 11.7. The molecule has 18 heavy (non-hydrogen) atoms. The van der Waals surface area contributed by atoms with Gasteiger partial charge >= 0.3 is 5.69 Å². The molecule has 1 heterocycles. The predicted octanol–water partition coefficient (Wildman–Crippen LogP) is -0.0245. The summed E-state index contributed by atoms with van der Waals surface area (Å²) in [4.78, 5) is 23.3. The van der Waals surface area contributed by atoms with Crippen molar-refractivity contribution in [2.75, 3.05) is 0 Å². The van der Waals surface area contributed by atoms with Crippen LogP contribution in [0, 0.1) is 12.3 Å². The molecule has 0 aliphatic heterocycles. The molecular weight excluding hydrogens is 230 g/mol. The first-order chi connectivity index (χ1) is 8.51. The van der Waals surface area contributed by atoms with Crippen LogP contribution in [-0.4, -0.2) is 15.2 Å². The number of rotatable bonds is 5. The number of nitrogens with zero attached hydrogens (tertiary/aromatic N) is 2. The van der Waals surface area contributed by atoms with Gasteiger partial charge in [0.05, 0.1) is 0 Å². The van der Waals surface area contributed by atoms with E-state index < -0.39 is 0 Å². The SMILES string of the molecule is C#CCC(CC)NCc1cc(=O)n(C)c(=O)n1C. The fourth-order valence-corrected chi connectivity index (χ4v) is 1.70. The summed E-state index contributed by atoms with van der Waals surface area (Å²) >= 11 is 0. The fraction of sp³-hybridized carbons (Fsp3) is 0.538. The Labute approximate surface area is 106 Å². The maximum Gasteiger partial charge on any atom is 0.330 e. The Morgan fingerprint density at radius 3 is 2.61 bits per heavy atom. The normalized spacial score (nSPS) is 12.1. The lowest BCUT2D eigenvalue weighted by atomic mass is 10.1. The summed E-state index contributed by atoms with van der Waals surface area (Å²) in [5.41, 5.74) is 0.0581. The standard InChI is InChI=1S/C13H19N3O2/c1-5-7-10(6-2)14-9-11-8-12(17)16(4)13(18)15(11)3/h1,8,10,14H,6-7,9H2,2-4H3. The third-order valence-corrected chi connectivity index (χ3v) is 3.05. The summed E-state index contributed by atoms with van der Waals surface area (Å²) in [5.74, 6) is 2.60. The highest BCUT2D eigenvalue weighted by Crippen LogP contribution is 1.98. The summed E-state index contributed by atoms with van der Waals surface area (Å²) < 4.78 is 2.55. The van der Waals surface area contributed by atoms with Crippen molar-refractivity contribution >= 4 is 0 Å². The zero-order valence-electron chi connectivity index (χ0n) is 11.1. The van der Waals surface area contributed by atoms with Crippen LogP contribution in [0.25, 0.3) is 0 Å². The topological polar surface area (TPSA) is 56.0 Å². The third kappa shape index (κ3) is 3.11. The van der Waals surface area contributed by atoms with E-state index in [1.54, 1.807) is 7.05 Å². The minimum atomic E-state index is -0.315. The van der Waals surface area contributed by atoms with Gasteiger partial charge in [-0.1, -0.05) is 6.92 Å². The van der Waals surface area contributed by atoms with Gasteiger partial charge in [0.25, 0.3) is 5.56 Å². The van der Waals surface area contributed by atoms with Gasteiger partial charge in [0.2, 0.25) is 0 Å². The van der Waals surface area contributed by atoms with Gasteiger partial charge in [-0.15, -0.1) is 12.3 Å². The molecule has 1 N–H and O–H groups in total. The van der Waals surface area contributed by atoms with Gasteiger partial charge in [-0.25, -0.2) is 4.79 Å².